The molecule has 2 aromatic rings. The zero-order valence-corrected chi connectivity index (χ0v) is 15.7. The molecule has 0 unspecified atom stereocenters. The zero-order chi connectivity index (χ0) is 18.4. The molecule has 2 rings (SSSR count). The molecule has 0 atom stereocenters. The first-order valence-corrected chi connectivity index (χ1v) is 9.72. The van der Waals surface area contributed by atoms with Crippen LogP contribution in [0.25, 0.3) is 0 Å². The summed E-state index contributed by atoms with van der Waals surface area (Å²) in [7, 11) is -3.72. The number of aryl methyl sites for hydroxylation is 2. The molecule has 7 heteroatoms. The third-order valence-electron chi connectivity index (χ3n) is 3.71. The van der Waals surface area contributed by atoms with E-state index in [9.17, 15) is 13.2 Å². The molecule has 0 saturated heterocycles. The first-order chi connectivity index (χ1) is 11.8. The highest BCUT2D eigenvalue weighted by Gasteiger charge is 2.17. The topological polar surface area (TPSA) is 75.3 Å². The molecule has 0 spiro atoms. The third-order valence-corrected chi connectivity index (χ3v) is 5.50. The van der Waals surface area contributed by atoms with E-state index in [2.05, 4.69) is 10.0 Å². The number of hydrogen-bond acceptors (Lipinski definition) is 3. The van der Waals surface area contributed by atoms with Crippen LogP contribution in [0.3, 0.4) is 0 Å². The Morgan fingerprint density at radius 2 is 1.76 bits per heavy atom. The number of benzene rings is 2. The minimum Gasteiger partial charge on any atom is -0.355 e. The van der Waals surface area contributed by atoms with Gasteiger partial charge in [0.1, 0.15) is 0 Å². The minimum atomic E-state index is -3.72. The molecule has 134 valence electrons. The van der Waals surface area contributed by atoms with Gasteiger partial charge in [0.05, 0.1) is 11.4 Å². The predicted molar refractivity (Wildman–Crippen MR) is 99.3 cm³/mol. The molecule has 0 aliphatic heterocycles. The van der Waals surface area contributed by atoms with E-state index in [0.29, 0.717) is 23.6 Å². The van der Waals surface area contributed by atoms with Crippen LogP contribution in [0.2, 0.25) is 5.02 Å². The second-order valence-electron chi connectivity index (χ2n) is 5.82. The van der Waals surface area contributed by atoms with Crippen molar-refractivity contribution in [3.8, 4) is 0 Å². The van der Waals surface area contributed by atoms with Crippen LogP contribution in [0.4, 0.5) is 0 Å². The van der Waals surface area contributed by atoms with Gasteiger partial charge in [-0.3, -0.25) is 4.79 Å². The van der Waals surface area contributed by atoms with Gasteiger partial charge in [0.15, 0.2) is 0 Å². The van der Waals surface area contributed by atoms with Gasteiger partial charge in [0, 0.05) is 11.6 Å². The number of sulfonamides is 1. The molecule has 5 nitrogen and oxygen atoms in total. The Morgan fingerprint density at radius 1 is 1.08 bits per heavy atom. The molecule has 2 aromatic carbocycles. The number of rotatable bonds is 7. The number of carbonyl (C=O) groups excluding carboxylic acids is 1. The summed E-state index contributed by atoms with van der Waals surface area (Å²) >= 11 is 5.82. The summed E-state index contributed by atoms with van der Waals surface area (Å²) in [6.07, 6.45) is 0.645. The van der Waals surface area contributed by atoms with Crippen LogP contribution >= 0.6 is 11.6 Å². The summed E-state index contributed by atoms with van der Waals surface area (Å²) in [6.45, 7) is 3.67. The van der Waals surface area contributed by atoms with Gasteiger partial charge in [0.2, 0.25) is 15.9 Å². The van der Waals surface area contributed by atoms with Gasteiger partial charge >= 0.3 is 0 Å². The SMILES string of the molecule is Cc1ccc(C)c(S(=O)(=O)NCC(=O)NCCc2ccc(Cl)cc2)c1. The average Bonchev–Trinajstić information content (AvgIpc) is 2.57. The molecular weight excluding hydrogens is 360 g/mol. The lowest BCUT2D eigenvalue weighted by Gasteiger charge is -2.10. The Hall–Kier alpha value is -1.89. The number of nitrogens with one attached hydrogen (secondary N) is 2. The van der Waals surface area contributed by atoms with Gasteiger partial charge in [-0.25, -0.2) is 13.1 Å². The lowest BCUT2D eigenvalue weighted by molar-refractivity contribution is -0.119. The lowest BCUT2D eigenvalue weighted by atomic mass is 10.1. The molecule has 0 radical (unpaired) electrons. The Labute approximate surface area is 153 Å². The second-order valence-corrected chi connectivity index (χ2v) is 7.99. The van der Waals surface area contributed by atoms with E-state index in [-0.39, 0.29) is 17.3 Å². The van der Waals surface area contributed by atoms with Gasteiger partial charge in [-0.15, -0.1) is 0 Å². The quantitative estimate of drug-likeness (QED) is 0.775. The molecule has 0 saturated carbocycles. The monoisotopic (exact) mass is 380 g/mol. The Morgan fingerprint density at radius 3 is 2.44 bits per heavy atom. The first kappa shape index (κ1) is 19.4. The number of carbonyl (C=O) groups is 1. The van der Waals surface area contributed by atoms with E-state index in [1.165, 1.54) is 0 Å². The maximum atomic E-state index is 12.3. The molecule has 0 heterocycles. The van der Waals surface area contributed by atoms with Crippen molar-refractivity contribution in [1.82, 2.24) is 10.0 Å². The van der Waals surface area contributed by atoms with Crippen LogP contribution in [0.15, 0.2) is 47.4 Å². The smallest absolute Gasteiger partial charge is 0.241 e. The number of halogens is 1. The maximum absolute atomic E-state index is 12.3. The molecule has 0 fully saturated rings. The van der Waals surface area contributed by atoms with Crippen LogP contribution in [-0.4, -0.2) is 27.4 Å². The Balaban J connectivity index is 1.84. The molecule has 25 heavy (non-hydrogen) atoms. The van der Waals surface area contributed by atoms with Gasteiger partial charge < -0.3 is 5.32 Å². The van der Waals surface area contributed by atoms with E-state index in [1.807, 2.05) is 25.1 Å². The van der Waals surface area contributed by atoms with Crippen molar-refractivity contribution in [3.05, 3.63) is 64.2 Å². The third kappa shape index (κ3) is 5.85. The number of amides is 1. The zero-order valence-electron chi connectivity index (χ0n) is 14.2. The normalized spacial score (nSPS) is 11.3. The highest BCUT2D eigenvalue weighted by Crippen LogP contribution is 2.16. The molecule has 0 bridgehead atoms. The standard InChI is InChI=1S/C18H21ClN2O3S/c1-13-3-4-14(2)17(11-13)25(23,24)21-12-18(22)20-10-9-15-5-7-16(19)8-6-15/h3-8,11,21H,9-10,12H2,1-2H3,(H,20,22). The fourth-order valence-electron chi connectivity index (χ4n) is 2.29. The van der Waals surface area contributed by atoms with E-state index < -0.39 is 10.0 Å². The molecular formula is C18H21ClN2O3S. The summed E-state index contributed by atoms with van der Waals surface area (Å²) in [4.78, 5) is 12.1. The minimum absolute atomic E-state index is 0.196. The van der Waals surface area contributed by atoms with Crippen molar-refractivity contribution in [1.29, 1.82) is 0 Å². The van der Waals surface area contributed by atoms with E-state index in [1.54, 1.807) is 31.2 Å². The van der Waals surface area contributed by atoms with Crippen LogP contribution in [0, 0.1) is 13.8 Å². The Kier molecular flexibility index (Phi) is 6.58. The van der Waals surface area contributed by atoms with Gasteiger partial charge in [-0.1, -0.05) is 35.9 Å². The van der Waals surface area contributed by atoms with E-state index in [0.717, 1.165) is 11.1 Å². The molecule has 0 aromatic heterocycles. The summed E-state index contributed by atoms with van der Waals surface area (Å²) in [5.41, 5.74) is 2.53. The number of hydrogen-bond donors (Lipinski definition) is 2. The molecule has 2 N–H and O–H groups in total. The fourth-order valence-corrected chi connectivity index (χ4v) is 3.73. The van der Waals surface area contributed by atoms with Gasteiger partial charge in [-0.2, -0.15) is 0 Å². The van der Waals surface area contributed by atoms with Crippen molar-refractivity contribution in [3.63, 3.8) is 0 Å². The van der Waals surface area contributed by atoms with E-state index >= 15 is 0 Å². The van der Waals surface area contributed by atoms with Crippen molar-refractivity contribution < 1.29 is 13.2 Å². The van der Waals surface area contributed by atoms with Crippen LogP contribution in [0.5, 0.6) is 0 Å². The van der Waals surface area contributed by atoms with Gasteiger partial charge in [0.25, 0.3) is 0 Å². The lowest BCUT2D eigenvalue weighted by Crippen LogP contribution is -2.37. The average molecular weight is 381 g/mol. The highest BCUT2D eigenvalue weighted by atomic mass is 35.5. The predicted octanol–water partition coefficient (Wildman–Crippen LogP) is 2.59. The fraction of sp³-hybridized carbons (Fsp3) is 0.278. The van der Waals surface area contributed by atoms with Crippen LogP contribution in [0.1, 0.15) is 16.7 Å². The van der Waals surface area contributed by atoms with Crippen LogP contribution < -0.4 is 10.0 Å². The molecule has 0 aliphatic rings. The van der Waals surface area contributed by atoms with Crippen LogP contribution in [-0.2, 0) is 21.2 Å². The maximum Gasteiger partial charge on any atom is 0.241 e. The van der Waals surface area contributed by atoms with Crippen molar-refractivity contribution >= 4 is 27.5 Å². The Bertz CT molecular complexity index is 849. The van der Waals surface area contributed by atoms with E-state index in [4.69, 9.17) is 11.6 Å². The summed E-state index contributed by atoms with van der Waals surface area (Å²) in [5, 5.41) is 3.36. The highest BCUT2D eigenvalue weighted by molar-refractivity contribution is 7.89. The molecule has 1 amide bonds. The van der Waals surface area contributed by atoms with Crippen molar-refractivity contribution in [2.24, 2.45) is 0 Å². The van der Waals surface area contributed by atoms with Crippen molar-refractivity contribution in [2.75, 3.05) is 13.1 Å². The van der Waals surface area contributed by atoms with Crippen molar-refractivity contribution in [2.45, 2.75) is 25.2 Å². The van der Waals surface area contributed by atoms with Gasteiger partial charge in [-0.05, 0) is 55.2 Å². The summed E-state index contributed by atoms with van der Waals surface area (Å²) in [5.74, 6) is -0.372. The summed E-state index contributed by atoms with van der Waals surface area (Å²) < 4.78 is 27.0. The summed E-state index contributed by atoms with van der Waals surface area (Å²) in [6, 6.07) is 12.5. The largest absolute Gasteiger partial charge is 0.355 e. The molecule has 0 aliphatic carbocycles. The second kappa shape index (κ2) is 8.47. The first-order valence-electron chi connectivity index (χ1n) is 7.86.